The number of aliphatic hydroxyl groups excluding tert-OH is 1. The Morgan fingerprint density at radius 3 is 2.59 bits per heavy atom. The predicted molar refractivity (Wildman–Crippen MR) is 83.8 cm³/mol. The Kier molecular flexibility index (Phi) is 10.4. The Hall–Kier alpha value is -2.12. The van der Waals surface area contributed by atoms with E-state index in [2.05, 4.69) is 11.9 Å². The van der Waals surface area contributed by atoms with E-state index in [-0.39, 0.29) is 0 Å². The summed E-state index contributed by atoms with van der Waals surface area (Å²) in [5.74, 6) is 0.820. The molecule has 124 valence electrons. The molecule has 7 nitrogen and oxygen atoms in total. The van der Waals surface area contributed by atoms with Gasteiger partial charge in [-0.3, -0.25) is 0 Å². The molecule has 1 atom stereocenters. The molecule has 0 heterocycles. The summed E-state index contributed by atoms with van der Waals surface area (Å²) in [5, 5.41) is 26.6. The molecule has 0 aliphatic rings. The lowest BCUT2D eigenvalue weighted by Crippen LogP contribution is -2.35. The SMILES string of the molecule is C=CCc1ccccc1OCC(O)CNC(C)C.O=[N+]([O-])O. The van der Waals surface area contributed by atoms with Crippen LogP contribution in [0, 0.1) is 10.1 Å². The molecule has 0 radical (unpaired) electrons. The van der Waals surface area contributed by atoms with Crippen LogP contribution in [0.15, 0.2) is 36.9 Å². The van der Waals surface area contributed by atoms with Crippen molar-refractivity contribution in [3.63, 3.8) is 0 Å². The van der Waals surface area contributed by atoms with Crippen molar-refractivity contribution in [3.05, 3.63) is 52.6 Å². The van der Waals surface area contributed by atoms with Crippen molar-refractivity contribution in [3.8, 4) is 5.75 Å². The maximum absolute atomic E-state index is 9.77. The minimum Gasteiger partial charge on any atom is -0.491 e. The largest absolute Gasteiger partial charge is 0.491 e. The number of benzene rings is 1. The van der Waals surface area contributed by atoms with E-state index in [0.29, 0.717) is 19.2 Å². The van der Waals surface area contributed by atoms with Gasteiger partial charge in [-0.2, -0.15) is 0 Å². The van der Waals surface area contributed by atoms with Crippen molar-refractivity contribution in [1.29, 1.82) is 0 Å². The second kappa shape index (κ2) is 11.5. The number of allylic oxidation sites excluding steroid dienone is 1. The average Bonchev–Trinajstić information content (AvgIpc) is 2.44. The van der Waals surface area contributed by atoms with Gasteiger partial charge in [0, 0.05) is 12.6 Å². The summed E-state index contributed by atoms with van der Waals surface area (Å²) in [7, 11) is 0. The molecular formula is C15H24N2O5. The van der Waals surface area contributed by atoms with Crippen LogP contribution >= 0.6 is 0 Å². The number of hydrogen-bond donors (Lipinski definition) is 3. The molecule has 22 heavy (non-hydrogen) atoms. The van der Waals surface area contributed by atoms with Gasteiger partial charge in [0.05, 0.1) is 0 Å². The van der Waals surface area contributed by atoms with Gasteiger partial charge in [0.15, 0.2) is 0 Å². The van der Waals surface area contributed by atoms with Gasteiger partial charge in [0.1, 0.15) is 18.5 Å². The topological polar surface area (TPSA) is 105 Å². The summed E-state index contributed by atoms with van der Waals surface area (Å²) in [4.78, 5) is 8.36. The normalized spacial score (nSPS) is 11.3. The molecule has 0 aliphatic carbocycles. The van der Waals surface area contributed by atoms with E-state index in [1.807, 2.05) is 44.2 Å². The fourth-order valence-corrected chi connectivity index (χ4v) is 1.59. The zero-order valence-corrected chi connectivity index (χ0v) is 12.9. The smallest absolute Gasteiger partial charge is 0.291 e. The van der Waals surface area contributed by atoms with Gasteiger partial charge < -0.3 is 20.4 Å². The van der Waals surface area contributed by atoms with Gasteiger partial charge in [0.25, 0.3) is 5.09 Å². The first-order valence-corrected chi connectivity index (χ1v) is 6.93. The lowest BCUT2D eigenvalue weighted by Gasteiger charge is -2.16. The van der Waals surface area contributed by atoms with Crippen LogP contribution in [-0.4, -0.2) is 40.7 Å². The van der Waals surface area contributed by atoms with Crippen LogP contribution in [0.3, 0.4) is 0 Å². The Bertz CT molecular complexity index is 447. The molecule has 7 heteroatoms. The van der Waals surface area contributed by atoms with Gasteiger partial charge in [-0.15, -0.1) is 16.7 Å². The van der Waals surface area contributed by atoms with Crippen LogP contribution in [-0.2, 0) is 6.42 Å². The molecule has 0 fully saturated rings. The number of para-hydroxylation sites is 1. The van der Waals surface area contributed by atoms with Crippen molar-refractivity contribution < 1.29 is 20.1 Å². The highest BCUT2D eigenvalue weighted by Crippen LogP contribution is 2.18. The van der Waals surface area contributed by atoms with Gasteiger partial charge in [0.2, 0.25) is 0 Å². The zero-order valence-electron chi connectivity index (χ0n) is 12.9. The number of hydrogen-bond acceptors (Lipinski definition) is 5. The highest BCUT2D eigenvalue weighted by atomic mass is 16.9. The summed E-state index contributed by atoms with van der Waals surface area (Å²) in [5.41, 5.74) is 1.09. The maximum Gasteiger partial charge on any atom is 0.291 e. The fraction of sp³-hybridized carbons (Fsp3) is 0.467. The monoisotopic (exact) mass is 312 g/mol. The minimum absolute atomic E-state index is 0.299. The van der Waals surface area contributed by atoms with Crippen LogP contribution in [0.4, 0.5) is 0 Å². The second-order valence-electron chi connectivity index (χ2n) is 4.87. The highest BCUT2D eigenvalue weighted by Gasteiger charge is 2.07. The summed E-state index contributed by atoms with van der Waals surface area (Å²) in [6.07, 6.45) is 2.12. The lowest BCUT2D eigenvalue weighted by atomic mass is 10.1. The fourth-order valence-electron chi connectivity index (χ4n) is 1.59. The van der Waals surface area contributed by atoms with Crippen molar-refractivity contribution in [2.45, 2.75) is 32.4 Å². The summed E-state index contributed by atoms with van der Waals surface area (Å²) in [6, 6.07) is 8.20. The molecular weight excluding hydrogens is 288 g/mol. The van der Waals surface area contributed by atoms with Crippen molar-refractivity contribution >= 4 is 0 Å². The molecule has 0 bridgehead atoms. The third-order valence-corrected chi connectivity index (χ3v) is 2.53. The first-order valence-electron chi connectivity index (χ1n) is 6.93. The minimum atomic E-state index is -1.50. The number of ether oxygens (including phenoxy) is 1. The van der Waals surface area contributed by atoms with Crippen LogP contribution in [0.2, 0.25) is 0 Å². The van der Waals surface area contributed by atoms with Crippen LogP contribution in [0.1, 0.15) is 19.4 Å². The molecule has 0 amide bonds. The first-order chi connectivity index (χ1) is 10.4. The van der Waals surface area contributed by atoms with Crippen molar-refractivity contribution in [1.82, 2.24) is 5.32 Å². The average molecular weight is 312 g/mol. The van der Waals surface area contributed by atoms with Gasteiger partial charge in [-0.25, -0.2) is 0 Å². The van der Waals surface area contributed by atoms with Gasteiger partial charge in [-0.1, -0.05) is 38.1 Å². The molecule has 0 saturated heterocycles. The number of nitrogens with one attached hydrogen (secondary N) is 1. The van der Waals surface area contributed by atoms with E-state index < -0.39 is 11.2 Å². The third kappa shape index (κ3) is 10.6. The predicted octanol–water partition coefficient (Wildman–Crippen LogP) is 1.81. The third-order valence-electron chi connectivity index (χ3n) is 2.53. The maximum atomic E-state index is 9.77. The molecule has 3 N–H and O–H groups in total. The Labute approximate surface area is 130 Å². The molecule has 1 unspecified atom stereocenters. The van der Waals surface area contributed by atoms with Crippen LogP contribution in [0.25, 0.3) is 0 Å². The molecule has 0 saturated carbocycles. The molecule has 0 spiro atoms. The Balaban J connectivity index is 0.000000980. The molecule has 1 aromatic rings. The van der Waals surface area contributed by atoms with Crippen LogP contribution in [0.5, 0.6) is 5.75 Å². The summed E-state index contributed by atoms with van der Waals surface area (Å²) in [6.45, 7) is 8.67. The molecule has 0 aliphatic heterocycles. The number of aliphatic hydroxyl groups is 1. The van der Waals surface area contributed by atoms with Crippen LogP contribution < -0.4 is 10.1 Å². The number of nitrogens with zero attached hydrogens (tertiary/aromatic N) is 1. The van der Waals surface area contributed by atoms with E-state index in [9.17, 15) is 5.11 Å². The summed E-state index contributed by atoms with van der Waals surface area (Å²) >= 11 is 0. The zero-order chi connectivity index (χ0) is 17.0. The quantitative estimate of drug-likeness (QED) is 0.384. The van der Waals surface area contributed by atoms with E-state index in [1.165, 1.54) is 0 Å². The number of rotatable bonds is 8. The van der Waals surface area contributed by atoms with Gasteiger partial charge in [-0.05, 0) is 18.1 Å². The van der Waals surface area contributed by atoms with E-state index in [4.69, 9.17) is 20.1 Å². The van der Waals surface area contributed by atoms with E-state index in [1.54, 1.807) is 0 Å². The molecule has 1 rings (SSSR count). The lowest BCUT2D eigenvalue weighted by molar-refractivity contribution is -0.742. The standard InChI is InChI=1S/C15H23NO2.HNO3/c1-4-7-13-8-5-6-9-15(13)18-11-14(17)10-16-12(2)3;2-1(3)4/h4-6,8-9,12,14,16-17H,1,7,10-11H2,2-3H3;(H,2,3,4). The second-order valence-corrected chi connectivity index (χ2v) is 4.87. The van der Waals surface area contributed by atoms with Crippen molar-refractivity contribution in [2.75, 3.05) is 13.2 Å². The highest BCUT2D eigenvalue weighted by molar-refractivity contribution is 5.34. The summed E-state index contributed by atoms with van der Waals surface area (Å²) < 4.78 is 5.65. The van der Waals surface area contributed by atoms with Crippen molar-refractivity contribution in [2.24, 2.45) is 0 Å². The Morgan fingerprint density at radius 1 is 1.45 bits per heavy atom. The van der Waals surface area contributed by atoms with E-state index in [0.717, 1.165) is 17.7 Å². The first kappa shape index (κ1) is 19.9. The van der Waals surface area contributed by atoms with E-state index >= 15 is 0 Å². The molecule has 0 aromatic heterocycles. The Morgan fingerprint density at radius 2 is 2.05 bits per heavy atom. The molecule has 1 aromatic carbocycles. The van der Waals surface area contributed by atoms with Gasteiger partial charge >= 0.3 is 0 Å².